The number of amides is 1. The highest BCUT2D eigenvalue weighted by atomic mass is 19.4. The van der Waals surface area contributed by atoms with Crippen molar-refractivity contribution in [2.24, 2.45) is 0 Å². The summed E-state index contributed by atoms with van der Waals surface area (Å²) in [6.07, 6.45) is -2.40. The number of nitrogens with zero attached hydrogens (tertiary/aromatic N) is 4. The van der Waals surface area contributed by atoms with Gasteiger partial charge in [-0.15, -0.1) is 0 Å². The summed E-state index contributed by atoms with van der Waals surface area (Å²) < 4.78 is 93.5. The Balaban J connectivity index is 1.69. The van der Waals surface area contributed by atoms with Crippen molar-refractivity contribution >= 4 is 11.6 Å². The van der Waals surface area contributed by atoms with Crippen LogP contribution in [0.4, 0.5) is 36.4 Å². The highest BCUT2D eigenvalue weighted by Gasteiger charge is 2.34. The number of anilines is 1. The van der Waals surface area contributed by atoms with Gasteiger partial charge in [0.1, 0.15) is 12.4 Å². The predicted molar refractivity (Wildman–Crippen MR) is 88.2 cm³/mol. The number of rotatable bonds is 5. The fourth-order valence-corrected chi connectivity index (χ4v) is 2.57. The zero-order valence-electron chi connectivity index (χ0n) is 15.1. The predicted octanol–water partition coefficient (Wildman–Crippen LogP) is 3.65. The van der Waals surface area contributed by atoms with Crippen LogP contribution in [0.5, 0.6) is 0 Å². The largest absolute Gasteiger partial charge is 0.435 e. The van der Waals surface area contributed by atoms with Crippen molar-refractivity contribution in [1.29, 1.82) is 0 Å². The van der Waals surface area contributed by atoms with Crippen molar-refractivity contribution in [3.63, 3.8) is 0 Å². The zero-order valence-corrected chi connectivity index (χ0v) is 15.1. The molecule has 2 heterocycles. The summed E-state index contributed by atoms with van der Waals surface area (Å²) in [7, 11) is 0. The van der Waals surface area contributed by atoms with Gasteiger partial charge in [0.25, 0.3) is 0 Å². The highest BCUT2D eigenvalue weighted by molar-refractivity contribution is 5.90. The molecule has 1 N–H and O–H groups in total. The van der Waals surface area contributed by atoms with Crippen LogP contribution in [0.3, 0.4) is 0 Å². The van der Waals surface area contributed by atoms with Gasteiger partial charge in [0.15, 0.2) is 23.1 Å². The van der Waals surface area contributed by atoms with E-state index in [1.54, 1.807) is 0 Å². The van der Waals surface area contributed by atoms with Gasteiger partial charge >= 0.3 is 6.18 Å². The number of benzene rings is 1. The van der Waals surface area contributed by atoms with Crippen molar-refractivity contribution < 1.29 is 35.5 Å². The molecule has 1 amide bonds. The summed E-state index contributed by atoms with van der Waals surface area (Å²) in [4.78, 5) is 12.0. The summed E-state index contributed by atoms with van der Waals surface area (Å²) >= 11 is 0. The lowest BCUT2D eigenvalue weighted by atomic mass is 10.2. The van der Waals surface area contributed by atoms with Gasteiger partial charge in [-0.05, 0) is 13.0 Å². The molecule has 0 radical (unpaired) electrons. The Morgan fingerprint density at radius 2 is 1.80 bits per heavy atom. The lowest BCUT2D eigenvalue weighted by Crippen LogP contribution is -2.20. The van der Waals surface area contributed by atoms with Crippen molar-refractivity contribution in [2.75, 3.05) is 5.32 Å². The monoisotopic (exact) mass is 435 g/mol. The van der Waals surface area contributed by atoms with E-state index in [4.69, 9.17) is 0 Å². The maximum atomic E-state index is 13.7. The molecule has 0 aliphatic rings. The second-order valence-electron chi connectivity index (χ2n) is 6.25. The molecule has 3 aromatic rings. The van der Waals surface area contributed by atoms with Crippen LogP contribution in [0.15, 0.2) is 24.5 Å². The third-order valence-electron chi connectivity index (χ3n) is 4.01. The van der Waals surface area contributed by atoms with Crippen LogP contribution in [0.25, 0.3) is 0 Å². The van der Waals surface area contributed by atoms with Crippen LogP contribution in [0.2, 0.25) is 0 Å². The fourth-order valence-electron chi connectivity index (χ4n) is 2.57. The SMILES string of the molecule is Cc1cc(C(F)(F)F)nn1CC(=O)Nc1cnn(Cc2c(F)cc(F)c(F)c2F)c1. The van der Waals surface area contributed by atoms with E-state index in [1.807, 2.05) is 0 Å². The Kier molecular flexibility index (Phi) is 5.55. The second-order valence-corrected chi connectivity index (χ2v) is 6.25. The average molecular weight is 435 g/mol. The molecule has 30 heavy (non-hydrogen) atoms. The van der Waals surface area contributed by atoms with Crippen LogP contribution in [-0.2, 0) is 24.1 Å². The van der Waals surface area contributed by atoms with E-state index < -0.39 is 59.7 Å². The van der Waals surface area contributed by atoms with Crippen molar-refractivity contribution in [2.45, 2.75) is 26.2 Å². The molecule has 0 bridgehead atoms. The van der Waals surface area contributed by atoms with Gasteiger partial charge in [-0.3, -0.25) is 14.2 Å². The number of hydrogen-bond acceptors (Lipinski definition) is 3. The first-order valence-electron chi connectivity index (χ1n) is 8.21. The summed E-state index contributed by atoms with van der Waals surface area (Å²) in [5.41, 5.74) is -1.75. The van der Waals surface area contributed by atoms with Gasteiger partial charge < -0.3 is 5.32 Å². The molecular weight excluding hydrogens is 423 g/mol. The van der Waals surface area contributed by atoms with Gasteiger partial charge in [-0.1, -0.05) is 0 Å². The molecule has 0 atom stereocenters. The quantitative estimate of drug-likeness (QED) is 0.378. The summed E-state index contributed by atoms with van der Waals surface area (Å²) in [6, 6.07) is 0.984. The molecule has 0 aliphatic carbocycles. The van der Waals surface area contributed by atoms with Crippen molar-refractivity contribution in [3.8, 4) is 0 Å². The number of carbonyl (C=O) groups excluding carboxylic acids is 1. The number of aryl methyl sites for hydroxylation is 1. The first-order valence-corrected chi connectivity index (χ1v) is 8.21. The number of nitrogens with one attached hydrogen (secondary N) is 1. The molecular formula is C17H12F7N5O. The van der Waals surface area contributed by atoms with Gasteiger partial charge in [0.05, 0.1) is 18.4 Å². The van der Waals surface area contributed by atoms with E-state index in [0.29, 0.717) is 0 Å². The van der Waals surface area contributed by atoms with Crippen LogP contribution < -0.4 is 5.32 Å². The van der Waals surface area contributed by atoms with E-state index in [9.17, 15) is 35.5 Å². The fraction of sp³-hybridized carbons (Fsp3) is 0.235. The van der Waals surface area contributed by atoms with E-state index in [0.717, 1.165) is 27.8 Å². The minimum Gasteiger partial charge on any atom is -0.322 e. The molecule has 2 aromatic heterocycles. The normalized spacial score (nSPS) is 11.7. The number of halogens is 7. The van der Waals surface area contributed by atoms with Gasteiger partial charge in [0.2, 0.25) is 5.91 Å². The zero-order chi connectivity index (χ0) is 22.2. The summed E-state index contributed by atoms with van der Waals surface area (Å²) in [5, 5.41) is 9.40. The Morgan fingerprint density at radius 1 is 1.10 bits per heavy atom. The summed E-state index contributed by atoms with van der Waals surface area (Å²) in [6.45, 7) is 0.218. The van der Waals surface area contributed by atoms with Gasteiger partial charge in [0, 0.05) is 23.5 Å². The Bertz CT molecular complexity index is 1100. The maximum absolute atomic E-state index is 13.7. The molecule has 1 aromatic carbocycles. The smallest absolute Gasteiger partial charge is 0.322 e. The number of alkyl halides is 3. The number of aromatic nitrogens is 4. The van der Waals surface area contributed by atoms with E-state index in [2.05, 4.69) is 15.5 Å². The third-order valence-corrected chi connectivity index (χ3v) is 4.01. The Labute approximate surface area is 163 Å². The van der Waals surface area contributed by atoms with Gasteiger partial charge in [-0.25, -0.2) is 17.6 Å². The topological polar surface area (TPSA) is 64.7 Å². The molecule has 0 spiro atoms. The van der Waals surface area contributed by atoms with Crippen molar-refractivity contribution in [1.82, 2.24) is 19.6 Å². The van der Waals surface area contributed by atoms with E-state index in [1.165, 1.54) is 6.92 Å². The summed E-state index contributed by atoms with van der Waals surface area (Å²) in [5.74, 6) is -7.27. The minimum absolute atomic E-state index is 0.0595. The lowest BCUT2D eigenvalue weighted by Gasteiger charge is -2.07. The molecule has 0 aliphatic heterocycles. The molecule has 0 saturated carbocycles. The van der Waals surface area contributed by atoms with E-state index in [-0.39, 0.29) is 17.4 Å². The molecule has 6 nitrogen and oxygen atoms in total. The van der Waals surface area contributed by atoms with Crippen LogP contribution in [0.1, 0.15) is 17.0 Å². The Hall–Kier alpha value is -3.38. The van der Waals surface area contributed by atoms with Gasteiger partial charge in [-0.2, -0.15) is 23.4 Å². The van der Waals surface area contributed by atoms with Crippen molar-refractivity contribution in [3.05, 3.63) is 64.7 Å². The minimum atomic E-state index is -4.65. The molecule has 0 unspecified atom stereocenters. The van der Waals surface area contributed by atoms with Crippen LogP contribution in [-0.4, -0.2) is 25.5 Å². The number of carbonyl (C=O) groups is 1. The standard InChI is InChI=1S/C17H12F7N5O/c1-8-2-13(17(22,23)24)27-29(8)7-14(30)26-9-4-25-28(5-9)6-10-11(18)3-12(19)16(21)15(10)20/h2-5H,6-7H2,1H3,(H,26,30). The van der Waals surface area contributed by atoms with Crippen LogP contribution >= 0.6 is 0 Å². The first-order chi connectivity index (χ1) is 14.0. The molecule has 0 saturated heterocycles. The van der Waals surface area contributed by atoms with Crippen LogP contribution in [0, 0.1) is 30.2 Å². The highest BCUT2D eigenvalue weighted by Crippen LogP contribution is 2.28. The Morgan fingerprint density at radius 3 is 2.43 bits per heavy atom. The van der Waals surface area contributed by atoms with E-state index >= 15 is 0 Å². The maximum Gasteiger partial charge on any atom is 0.435 e. The average Bonchev–Trinajstić information content (AvgIpc) is 3.23. The third kappa shape index (κ3) is 4.44. The lowest BCUT2D eigenvalue weighted by molar-refractivity contribution is -0.141. The molecule has 0 fully saturated rings. The molecule has 3 rings (SSSR count). The second kappa shape index (κ2) is 7.80. The number of hydrogen-bond donors (Lipinski definition) is 1. The molecule has 160 valence electrons. The first kappa shape index (κ1) is 21.3. The molecule has 13 heteroatoms.